The minimum atomic E-state index is -0.808. The molecule has 11 nitrogen and oxygen atoms in total. The molecule has 0 saturated carbocycles. The van der Waals surface area contributed by atoms with E-state index in [2.05, 4.69) is 35.5 Å². The molecule has 5 rings (SSSR count). The summed E-state index contributed by atoms with van der Waals surface area (Å²) < 4.78 is 11.3. The molecule has 0 spiro atoms. The normalized spacial score (nSPS) is 18.1. The first kappa shape index (κ1) is 27.9. The summed E-state index contributed by atoms with van der Waals surface area (Å²) in [7, 11) is 1.68. The van der Waals surface area contributed by atoms with Crippen molar-refractivity contribution in [1.82, 2.24) is 35.4 Å². The number of allylic oxidation sites excluding steroid dienone is 3. The van der Waals surface area contributed by atoms with Gasteiger partial charge >= 0.3 is 6.16 Å². The number of halogens is 2. The van der Waals surface area contributed by atoms with E-state index in [1.165, 1.54) is 4.80 Å². The average molecular weight is 585 g/mol. The molecular formula is C27H30Cl2N8O3. The molecule has 1 fully saturated rings. The summed E-state index contributed by atoms with van der Waals surface area (Å²) in [5.74, 6) is 1.05. The van der Waals surface area contributed by atoms with Crippen LogP contribution in [0.2, 0.25) is 10.0 Å². The van der Waals surface area contributed by atoms with Crippen molar-refractivity contribution in [2.75, 3.05) is 44.2 Å². The molecule has 4 heterocycles. The fourth-order valence-electron chi connectivity index (χ4n) is 4.96. The van der Waals surface area contributed by atoms with Gasteiger partial charge in [-0.05, 0) is 42.8 Å². The quantitative estimate of drug-likeness (QED) is 0.405. The van der Waals surface area contributed by atoms with Gasteiger partial charge in [-0.3, -0.25) is 4.90 Å². The summed E-state index contributed by atoms with van der Waals surface area (Å²) in [6.45, 7) is 7.90. The zero-order valence-electron chi connectivity index (χ0n) is 22.5. The topological polar surface area (TPSA) is 111 Å². The molecule has 2 aliphatic heterocycles. The minimum absolute atomic E-state index is 0.193. The predicted molar refractivity (Wildman–Crippen MR) is 152 cm³/mol. The highest BCUT2D eigenvalue weighted by atomic mass is 35.5. The van der Waals surface area contributed by atoms with Crippen molar-refractivity contribution >= 4 is 40.7 Å². The van der Waals surface area contributed by atoms with Crippen LogP contribution in [-0.4, -0.2) is 75.6 Å². The first-order chi connectivity index (χ1) is 19.3. The second kappa shape index (κ2) is 12.2. The Morgan fingerprint density at radius 1 is 1.07 bits per heavy atom. The molecule has 2 aromatic heterocycles. The number of piperazine rings is 1. The third-order valence-corrected chi connectivity index (χ3v) is 7.74. The number of dihydropyridines is 1. The maximum atomic E-state index is 12.9. The van der Waals surface area contributed by atoms with E-state index in [-0.39, 0.29) is 6.61 Å². The number of carbonyl (C=O) groups excluding carboxylic acids is 1. The van der Waals surface area contributed by atoms with Crippen LogP contribution in [0.3, 0.4) is 0 Å². The summed E-state index contributed by atoms with van der Waals surface area (Å²) in [6, 6.07) is 11.2. The molecule has 210 valence electrons. The largest absolute Gasteiger partial charge is 0.513 e. The molecule has 0 aliphatic carbocycles. The zero-order valence-corrected chi connectivity index (χ0v) is 24.0. The highest BCUT2D eigenvalue weighted by molar-refractivity contribution is 6.42. The lowest BCUT2D eigenvalue weighted by molar-refractivity contribution is 0.0637. The average Bonchev–Trinajstić information content (AvgIpc) is 3.38. The van der Waals surface area contributed by atoms with Gasteiger partial charge in [0.1, 0.15) is 18.2 Å². The number of nitrogens with zero attached hydrogens (tertiary/aromatic N) is 7. The van der Waals surface area contributed by atoms with Crippen molar-refractivity contribution in [1.29, 1.82) is 0 Å². The first-order valence-electron chi connectivity index (χ1n) is 12.9. The second-order valence-corrected chi connectivity index (χ2v) is 10.3. The fraction of sp³-hybridized carbons (Fsp3) is 0.370. The van der Waals surface area contributed by atoms with E-state index in [0.717, 1.165) is 37.7 Å². The molecule has 1 saturated heterocycles. The number of aromatic nitrogens is 5. The number of anilines is 1. The van der Waals surface area contributed by atoms with Gasteiger partial charge < -0.3 is 19.7 Å². The number of rotatable bonds is 7. The molecule has 3 aromatic rings. The minimum Gasteiger partial charge on any atom is -0.433 e. The van der Waals surface area contributed by atoms with Crippen LogP contribution < -0.4 is 10.2 Å². The van der Waals surface area contributed by atoms with Gasteiger partial charge in [-0.1, -0.05) is 41.4 Å². The lowest BCUT2D eigenvalue weighted by atomic mass is 9.84. The molecule has 40 heavy (non-hydrogen) atoms. The van der Waals surface area contributed by atoms with Gasteiger partial charge in [-0.2, -0.15) is 4.80 Å². The van der Waals surface area contributed by atoms with E-state index in [1.54, 1.807) is 25.4 Å². The summed E-state index contributed by atoms with van der Waals surface area (Å²) >= 11 is 13.0. The van der Waals surface area contributed by atoms with E-state index in [9.17, 15) is 4.79 Å². The Morgan fingerprint density at radius 3 is 2.58 bits per heavy atom. The van der Waals surface area contributed by atoms with E-state index in [4.69, 9.17) is 32.7 Å². The number of pyridine rings is 1. The van der Waals surface area contributed by atoms with Crippen molar-refractivity contribution in [2.45, 2.75) is 19.8 Å². The zero-order chi connectivity index (χ0) is 28.2. The van der Waals surface area contributed by atoms with Crippen LogP contribution in [0.4, 0.5) is 10.6 Å². The number of hydrogen-bond donors (Lipinski definition) is 1. The van der Waals surface area contributed by atoms with E-state index >= 15 is 0 Å². The molecule has 0 amide bonds. The number of nitrogens with one attached hydrogen (secondary N) is 1. The van der Waals surface area contributed by atoms with Crippen LogP contribution in [0.15, 0.2) is 59.7 Å². The molecule has 2 aliphatic rings. The van der Waals surface area contributed by atoms with Crippen molar-refractivity contribution in [3.63, 3.8) is 0 Å². The number of benzene rings is 1. The van der Waals surface area contributed by atoms with Gasteiger partial charge in [-0.25, -0.2) is 9.78 Å². The van der Waals surface area contributed by atoms with Crippen LogP contribution in [0.5, 0.6) is 0 Å². The summed E-state index contributed by atoms with van der Waals surface area (Å²) in [6.07, 6.45) is 0.993. The first-order valence-corrected chi connectivity index (χ1v) is 13.7. The van der Waals surface area contributed by atoms with E-state index in [0.29, 0.717) is 45.0 Å². The van der Waals surface area contributed by atoms with Crippen molar-refractivity contribution in [3.8, 4) is 0 Å². The van der Waals surface area contributed by atoms with Gasteiger partial charge in [0, 0.05) is 50.2 Å². The smallest absolute Gasteiger partial charge is 0.433 e. The highest BCUT2D eigenvalue weighted by Crippen LogP contribution is 2.46. The van der Waals surface area contributed by atoms with E-state index in [1.807, 2.05) is 38.1 Å². The molecule has 1 aromatic carbocycles. The Labute approximate surface area is 242 Å². The molecule has 1 atom stereocenters. The lowest BCUT2D eigenvalue weighted by Gasteiger charge is -2.35. The van der Waals surface area contributed by atoms with Gasteiger partial charge in [0.05, 0.1) is 28.7 Å². The van der Waals surface area contributed by atoms with Crippen LogP contribution in [0.1, 0.15) is 31.2 Å². The predicted octanol–water partition coefficient (Wildman–Crippen LogP) is 4.24. The summed E-state index contributed by atoms with van der Waals surface area (Å²) in [5.41, 5.74) is 2.72. The Kier molecular flexibility index (Phi) is 8.53. The number of ether oxygens (including phenoxy) is 2. The third kappa shape index (κ3) is 6.06. The maximum Gasteiger partial charge on any atom is 0.513 e. The monoisotopic (exact) mass is 584 g/mol. The number of aryl methyl sites for hydroxylation is 1. The Balaban J connectivity index is 1.26. The second-order valence-electron chi connectivity index (χ2n) is 9.55. The fourth-order valence-corrected chi connectivity index (χ4v) is 5.37. The highest BCUT2D eigenvalue weighted by Gasteiger charge is 2.37. The standard InChI is InChI=1S/C27H30Cl2N8O3/c1-17-22(26-32-34-35(3)33-26)23(19-7-6-8-20(28)24(19)29)25(18(2)31-17)40-27(38)39-16-15-36-11-13-37(14-12-36)21-9-4-5-10-30-21/h4-10,23,31H,11-16H2,1-3H3. The number of carbonyl (C=O) groups is 1. The molecule has 0 bridgehead atoms. The van der Waals surface area contributed by atoms with E-state index < -0.39 is 12.1 Å². The third-order valence-electron chi connectivity index (χ3n) is 6.91. The molecule has 1 unspecified atom stereocenters. The molecule has 1 N–H and O–H groups in total. The maximum absolute atomic E-state index is 12.9. The number of hydrogen-bond acceptors (Lipinski definition) is 10. The van der Waals surface area contributed by atoms with Crippen LogP contribution in [0, 0.1) is 0 Å². The van der Waals surface area contributed by atoms with Gasteiger partial charge in [0.25, 0.3) is 0 Å². The van der Waals surface area contributed by atoms with Crippen LogP contribution in [0.25, 0.3) is 5.57 Å². The summed E-state index contributed by atoms with van der Waals surface area (Å²) in [4.78, 5) is 23.2. The lowest BCUT2D eigenvalue weighted by Crippen LogP contribution is -2.47. The Morgan fingerprint density at radius 2 is 1.88 bits per heavy atom. The Hall–Kier alpha value is -3.67. The van der Waals surface area contributed by atoms with Crippen LogP contribution in [-0.2, 0) is 16.5 Å². The molecule has 13 heteroatoms. The van der Waals surface area contributed by atoms with Gasteiger partial charge in [-0.15, -0.1) is 10.2 Å². The van der Waals surface area contributed by atoms with Gasteiger partial charge in [0.15, 0.2) is 0 Å². The van der Waals surface area contributed by atoms with Crippen molar-refractivity contribution in [2.24, 2.45) is 7.05 Å². The number of tetrazole rings is 1. The van der Waals surface area contributed by atoms with Crippen molar-refractivity contribution < 1.29 is 14.3 Å². The Bertz CT molecular complexity index is 1430. The van der Waals surface area contributed by atoms with Crippen LogP contribution >= 0.6 is 23.2 Å². The van der Waals surface area contributed by atoms with Crippen molar-refractivity contribution in [3.05, 3.63) is 81.2 Å². The SMILES string of the molecule is CC1=C(OC(=O)OCCN2CCN(c3ccccn3)CC2)C(c2cccc(Cl)c2Cl)C(c2nnn(C)n2)=C(C)N1. The summed E-state index contributed by atoms with van der Waals surface area (Å²) in [5, 5.41) is 16.6. The van der Waals surface area contributed by atoms with Gasteiger partial charge in [0.2, 0.25) is 5.82 Å². The molecule has 0 radical (unpaired) electrons. The molecular weight excluding hydrogens is 555 g/mol.